The van der Waals surface area contributed by atoms with E-state index in [4.69, 9.17) is 15.1 Å². The van der Waals surface area contributed by atoms with Gasteiger partial charge >= 0.3 is 0 Å². The van der Waals surface area contributed by atoms with Gasteiger partial charge in [-0.15, -0.1) is 0 Å². The summed E-state index contributed by atoms with van der Waals surface area (Å²) < 4.78 is 17.4. The monoisotopic (exact) mass is 498 g/mol. The van der Waals surface area contributed by atoms with Gasteiger partial charge in [0.2, 0.25) is 0 Å². The third-order valence-corrected chi connectivity index (χ3v) is 6.88. The molecule has 7 rings (SSSR count). The molecule has 6 nitrogen and oxygen atoms in total. The number of aromatic nitrogens is 2. The van der Waals surface area contributed by atoms with Gasteiger partial charge in [0.1, 0.15) is 5.82 Å². The van der Waals surface area contributed by atoms with Crippen LogP contribution in [0.25, 0.3) is 5.69 Å². The van der Waals surface area contributed by atoms with Crippen molar-refractivity contribution in [3.8, 4) is 5.69 Å². The van der Waals surface area contributed by atoms with Crippen molar-refractivity contribution in [2.24, 2.45) is 9.98 Å². The lowest BCUT2D eigenvalue weighted by atomic mass is 9.93. The molecule has 38 heavy (non-hydrogen) atoms. The Labute approximate surface area is 219 Å². The number of nitrogens with zero attached hydrogens (tertiary/aromatic N) is 5. The summed E-state index contributed by atoms with van der Waals surface area (Å²) in [7, 11) is 0. The number of aryl methyl sites for hydroxylation is 1. The highest BCUT2D eigenvalue weighted by Gasteiger charge is 2.42. The number of benzene rings is 4. The van der Waals surface area contributed by atoms with Gasteiger partial charge in [0.25, 0.3) is 0 Å². The molecule has 0 aliphatic carbocycles. The Morgan fingerprint density at radius 2 is 1.45 bits per heavy atom. The predicted molar refractivity (Wildman–Crippen MR) is 150 cm³/mol. The molecule has 1 atom stereocenters. The molecule has 0 saturated carbocycles. The Hall–Kier alpha value is -5.04. The number of para-hydroxylation sites is 4. The number of halogens is 1. The number of rotatable bonds is 3. The molecule has 1 unspecified atom stereocenters. The zero-order valence-electron chi connectivity index (χ0n) is 20.6. The lowest BCUT2D eigenvalue weighted by molar-refractivity contribution is 0.597. The maximum Gasteiger partial charge on any atom is 0.179 e. The third-order valence-electron chi connectivity index (χ3n) is 6.88. The fourth-order valence-corrected chi connectivity index (χ4v) is 5.20. The van der Waals surface area contributed by atoms with Gasteiger partial charge in [-0.05, 0) is 49.4 Å². The van der Waals surface area contributed by atoms with Gasteiger partial charge in [-0.2, -0.15) is 5.10 Å². The van der Waals surface area contributed by atoms with Crippen LogP contribution in [0.15, 0.2) is 119 Å². The molecular formula is C31H23FN6. The second kappa shape index (κ2) is 8.81. The molecule has 0 radical (unpaired) electrons. The van der Waals surface area contributed by atoms with E-state index in [0.717, 1.165) is 34.0 Å². The van der Waals surface area contributed by atoms with Gasteiger partial charge in [-0.1, -0.05) is 66.7 Å². The Morgan fingerprint density at radius 3 is 2.24 bits per heavy atom. The summed E-state index contributed by atoms with van der Waals surface area (Å²) >= 11 is 0. The molecule has 3 heterocycles. The van der Waals surface area contributed by atoms with E-state index in [1.54, 1.807) is 6.07 Å². The number of hydrogen-bond acceptors (Lipinski definition) is 5. The van der Waals surface area contributed by atoms with Crippen LogP contribution in [0, 0.1) is 12.7 Å². The van der Waals surface area contributed by atoms with Crippen molar-refractivity contribution in [1.29, 1.82) is 0 Å². The average molecular weight is 499 g/mol. The smallest absolute Gasteiger partial charge is 0.179 e. The highest BCUT2D eigenvalue weighted by atomic mass is 19.1. The first-order valence-electron chi connectivity index (χ1n) is 12.5. The largest absolute Gasteiger partial charge is 0.337 e. The van der Waals surface area contributed by atoms with E-state index >= 15 is 4.39 Å². The van der Waals surface area contributed by atoms with E-state index in [-0.39, 0.29) is 5.82 Å². The Balaban J connectivity index is 1.52. The molecule has 184 valence electrons. The summed E-state index contributed by atoms with van der Waals surface area (Å²) in [5.41, 5.74) is 5.60. The Bertz CT molecular complexity index is 1720. The first kappa shape index (κ1) is 22.2. The van der Waals surface area contributed by atoms with Crippen molar-refractivity contribution >= 4 is 34.6 Å². The fraction of sp³-hybridized carbons (Fsp3) is 0.0645. The number of anilines is 2. The summed E-state index contributed by atoms with van der Waals surface area (Å²) in [5.74, 6) is 1.56. The highest BCUT2D eigenvalue weighted by Crippen LogP contribution is 2.48. The molecule has 0 amide bonds. The van der Waals surface area contributed by atoms with Crippen LogP contribution in [0.4, 0.5) is 27.3 Å². The number of nitrogens with one attached hydrogen (secondary N) is 1. The minimum absolute atomic E-state index is 0.283. The topological polar surface area (TPSA) is 57.8 Å². The predicted octanol–water partition coefficient (Wildman–Crippen LogP) is 7.12. The van der Waals surface area contributed by atoms with E-state index in [9.17, 15) is 0 Å². The molecule has 2 aliphatic rings. The number of amidine groups is 2. The maximum absolute atomic E-state index is 15.6. The van der Waals surface area contributed by atoms with Crippen molar-refractivity contribution in [3.05, 3.63) is 132 Å². The van der Waals surface area contributed by atoms with Gasteiger partial charge in [-0.25, -0.2) is 19.1 Å². The van der Waals surface area contributed by atoms with Crippen LogP contribution in [0.5, 0.6) is 0 Å². The summed E-state index contributed by atoms with van der Waals surface area (Å²) in [4.78, 5) is 12.2. The van der Waals surface area contributed by atoms with Gasteiger partial charge in [-0.3, -0.25) is 0 Å². The maximum atomic E-state index is 15.6. The number of fused-ring (bicyclic) bond motifs is 4. The minimum Gasteiger partial charge on any atom is -0.337 e. The van der Waals surface area contributed by atoms with E-state index in [1.807, 2.05) is 109 Å². The van der Waals surface area contributed by atoms with Crippen LogP contribution < -0.4 is 10.2 Å². The molecule has 7 heteroatoms. The van der Waals surface area contributed by atoms with Crippen LogP contribution in [0.3, 0.4) is 0 Å². The van der Waals surface area contributed by atoms with Crippen LogP contribution in [0.2, 0.25) is 0 Å². The van der Waals surface area contributed by atoms with E-state index < -0.39 is 6.04 Å². The second-order valence-electron chi connectivity index (χ2n) is 9.24. The third kappa shape index (κ3) is 3.51. The summed E-state index contributed by atoms with van der Waals surface area (Å²) in [6, 6.07) is 34.1. The zero-order valence-corrected chi connectivity index (χ0v) is 20.6. The molecule has 2 aliphatic heterocycles. The standard InChI is InChI=1S/C31H23FN6/c1-20-27-28(23-16-8-9-17-24(23)32)37-26-19-11-10-18-25(26)34-29(33-21-12-4-2-5-13-21)31(37)35-30(27)38(36-20)22-14-6-3-7-15-22/h2-19,28H,1H3,(H,33,34). The van der Waals surface area contributed by atoms with Gasteiger partial charge in [0.05, 0.1) is 28.8 Å². The lowest BCUT2D eigenvalue weighted by Crippen LogP contribution is -2.46. The van der Waals surface area contributed by atoms with Crippen molar-refractivity contribution < 1.29 is 4.39 Å². The first-order chi connectivity index (χ1) is 18.7. The minimum atomic E-state index is -0.500. The summed E-state index contributed by atoms with van der Waals surface area (Å²) in [6.07, 6.45) is 0. The molecule has 0 fully saturated rings. The average Bonchev–Trinajstić information content (AvgIpc) is 3.29. The van der Waals surface area contributed by atoms with Crippen molar-refractivity contribution in [2.75, 3.05) is 10.2 Å². The lowest BCUT2D eigenvalue weighted by Gasteiger charge is -2.40. The van der Waals surface area contributed by atoms with Gasteiger partial charge < -0.3 is 10.2 Å². The Morgan fingerprint density at radius 1 is 0.763 bits per heavy atom. The number of aliphatic imine (C=N–C) groups is 2. The molecule has 4 aromatic carbocycles. The first-order valence-corrected chi connectivity index (χ1v) is 12.5. The second-order valence-corrected chi connectivity index (χ2v) is 9.24. The van der Waals surface area contributed by atoms with Crippen LogP contribution in [-0.2, 0) is 0 Å². The zero-order chi connectivity index (χ0) is 25.6. The van der Waals surface area contributed by atoms with Gasteiger partial charge in [0, 0.05) is 16.8 Å². The van der Waals surface area contributed by atoms with E-state index in [1.165, 1.54) is 6.07 Å². The van der Waals surface area contributed by atoms with Crippen molar-refractivity contribution in [2.45, 2.75) is 13.0 Å². The summed E-state index contributed by atoms with van der Waals surface area (Å²) in [5, 5.41) is 8.35. The van der Waals surface area contributed by atoms with Crippen LogP contribution in [0.1, 0.15) is 22.9 Å². The van der Waals surface area contributed by atoms with Crippen molar-refractivity contribution in [1.82, 2.24) is 9.78 Å². The summed E-state index contributed by atoms with van der Waals surface area (Å²) in [6.45, 7) is 1.96. The van der Waals surface area contributed by atoms with E-state index in [2.05, 4.69) is 10.2 Å². The van der Waals surface area contributed by atoms with Crippen LogP contribution in [-0.4, -0.2) is 21.5 Å². The fourth-order valence-electron chi connectivity index (χ4n) is 5.20. The molecule has 1 aromatic heterocycles. The molecule has 0 spiro atoms. The molecule has 0 bridgehead atoms. The highest BCUT2D eigenvalue weighted by molar-refractivity contribution is 6.51. The van der Waals surface area contributed by atoms with Crippen LogP contribution >= 0.6 is 0 Å². The normalized spacial score (nSPS) is 15.6. The number of hydrogen-bond donors (Lipinski definition) is 1. The van der Waals surface area contributed by atoms with Gasteiger partial charge in [0.15, 0.2) is 17.5 Å². The molecular weight excluding hydrogens is 475 g/mol. The SMILES string of the molecule is Cc1nn(-c2ccccc2)c2c1C(c1ccccc1F)N1C(=N2)C(Nc2ccccc2)=Nc2ccccc21. The van der Waals surface area contributed by atoms with Crippen molar-refractivity contribution in [3.63, 3.8) is 0 Å². The van der Waals surface area contributed by atoms with E-state index in [0.29, 0.717) is 23.1 Å². The molecule has 5 aromatic rings. The molecule has 1 N–H and O–H groups in total. The Kier molecular flexibility index (Phi) is 5.14. The quantitative estimate of drug-likeness (QED) is 0.288. The molecule has 0 saturated heterocycles.